The van der Waals surface area contributed by atoms with Gasteiger partial charge in [0.05, 0.1) is 5.56 Å². The maximum absolute atomic E-state index is 13.1. The molecule has 1 aromatic heterocycles. The second-order valence-corrected chi connectivity index (χ2v) is 7.21. The largest absolute Gasteiger partial charge is 0.482 e. The first-order valence-electron chi connectivity index (χ1n) is 9.96. The Bertz CT molecular complexity index is 1290. The number of rotatable bonds is 9. The molecule has 3 aromatic rings. The number of para-hydroxylation sites is 2. The lowest BCUT2D eigenvalue weighted by Crippen LogP contribution is -2.30. The van der Waals surface area contributed by atoms with Crippen LogP contribution in [0.25, 0.3) is 5.69 Å². The first-order valence-corrected chi connectivity index (χ1v) is 9.96. The number of benzene rings is 2. The average molecular weight is 496 g/mol. The van der Waals surface area contributed by atoms with Crippen LogP contribution in [0.5, 0.6) is 11.5 Å². The van der Waals surface area contributed by atoms with Crippen LogP contribution in [0, 0.1) is 0 Å². The van der Waals surface area contributed by atoms with Crippen LogP contribution in [0.3, 0.4) is 0 Å². The number of halogens is 5. The van der Waals surface area contributed by atoms with E-state index in [4.69, 9.17) is 4.74 Å². The molecule has 2 aromatic carbocycles. The van der Waals surface area contributed by atoms with Crippen molar-refractivity contribution in [1.29, 1.82) is 0 Å². The second kappa shape index (κ2) is 10.5. The summed E-state index contributed by atoms with van der Waals surface area (Å²) in [5.41, 5.74) is -1.55. The summed E-state index contributed by atoms with van der Waals surface area (Å²) in [4.78, 5) is 38.0. The third-order valence-electron chi connectivity index (χ3n) is 4.57. The number of hydrogen-bond acceptors (Lipinski definition) is 6. The summed E-state index contributed by atoms with van der Waals surface area (Å²) in [5.74, 6) is -1.80. The van der Waals surface area contributed by atoms with E-state index in [1.54, 1.807) is 0 Å². The normalized spacial score (nSPS) is 11.4. The lowest BCUT2D eigenvalue weighted by molar-refractivity contribution is -0.153. The van der Waals surface area contributed by atoms with E-state index in [0.717, 1.165) is 13.0 Å². The van der Waals surface area contributed by atoms with Crippen molar-refractivity contribution in [3.63, 3.8) is 0 Å². The SMILES string of the molecule is CC(=O)c1cc(C(=O)Cc2ccc(OC(F)F)cc2)c(=O)n(-c2ccccc2OCC(F)(F)F)n1. The van der Waals surface area contributed by atoms with Crippen LogP contribution in [0.1, 0.15) is 33.3 Å². The molecule has 0 N–H and O–H groups in total. The van der Waals surface area contributed by atoms with Crippen molar-refractivity contribution in [3.05, 3.63) is 81.8 Å². The van der Waals surface area contributed by atoms with E-state index >= 15 is 0 Å². The van der Waals surface area contributed by atoms with Gasteiger partial charge in [-0.3, -0.25) is 14.4 Å². The minimum Gasteiger partial charge on any atom is -0.482 e. The number of ether oxygens (including phenoxy) is 2. The first-order chi connectivity index (χ1) is 16.4. The number of ketones is 2. The van der Waals surface area contributed by atoms with E-state index < -0.39 is 42.1 Å². The lowest BCUT2D eigenvalue weighted by atomic mass is 10.0. The molecule has 3 rings (SSSR count). The van der Waals surface area contributed by atoms with Crippen LogP contribution in [0.4, 0.5) is 22.0 Å². The van der Waals surface area contributed by atoms with Crippen molar-refractivity contribution in [3.8, 4) is 17.2 Å². The Balaban J connectivity index is 1.99. The van der Waals surface area contributed by atoms with Crippen LogP contribution in [-0.4, -0.2) is 40.7 Å². The van der Waals surface area contributed by atoms with E-state index in [0.29, 0.717) is 10.2 Å². The molecule has 0 aliphatic carbocycles. The average Bonchev–Trinajstić information content (AvgIpc) is 2.78. The Morgan fingerprint density at radius 2 is 1.71 bits per heavy atom. The molecular weight excluding hydrogens is 479 g/mol. The van der Waals surface area contributed by atoms with Gasteiger partial charge < -0.3 is 9.47 Å². The number of hydrogen-bond donors (Lipinski definition) is 0. The zero-order chi connectivity index (χ0) is 25.8. The van der Waals surface area contributed by atoms with Gasteiger partial charge in [-0.15, -0.1) is 0 Å². The van der Waals surface area contributed by atoms with Gasteiger partial charge in [0.25, 0.3) is 5.56 Å². The summed E-state index contributed by atoms with van der Waals surface area (Å²) >= 11 is 0. The third kappa shape index (κ3) is 6.71. The first kappa shape index (κ1) is 25.5. The van der Waals surface area contributed by atoms with Crippen molar-refractivity contribution in [2.75, 3.05) is 6.61 Å². The molecule has 0 aliphatic heterocycles. The number of nitrogens with zero attached hydrogens (tertiary/aromatic N) is 2. The molecule has 12 heteroatoms. The number of Topliss-reactive ketones (excluding diaryl/α,β-unsaturated/α-hetero) is 2. The number of alkyl halides is 5. The predicted octanol–water partition coefficient (Wildman–Crippen LogP) is 4.40. The van der Waals surface area contributed by atoms with E-state index in [-0.39, 0.29) is 29.3 Å². The molecule has 0 radical (unpaired) electrons. The molecule has 184 valence electrons. The highest BCUT2D eigenvalue weighted by Gasteiger charge is 2.29. The molecule has 0 spiro atoms. The van der Waals surface area contributed by atoms with Crippen molar-refractivity contribution >= 4 is 11.6 Å². The van der Waals surface area contributed by atoms with Crippen LogP contribution in [-0.2, 0) is 6.42 Å². The van der Waals surface area contributed by atoms with Crippen molar-refractivity contribution in [2.45, 2.75) is 26.1 Å². The molecule has 0 fully saturated rings. The summed E-state index contributed by atoms with van der Waals surface area (Å²) in [7, 11) is 0. The fraction of sp³-hybridized carbons (Fsp3) is 0.217. The molecule has 0 bridgehead atoms. The summed E-state index contributed by atoms with van der Waals surface area (Å²) in [6.45, 7) is -3.52. The van der Waals surface area contributed by atoms with E-state index in [1.165, 1.54) is 48.5 Å². The molecule has 0 aliphatic rings. The molecule has 7 nitrogen and oxygen atoms in total. The van der Waals surface area contributed by atoms with Gasteiger partial charge in [-0.25, -0.2) is 0 Å². The van der Waals surface area contributed by atoms with Crippen molar-refractivity contribution < 1.29 is 41.0 Å². The molecule has 0 atom stereocenters. The minimum absolute atomic E-state index is 0.128. The summed E-state index contributed by atoms with van der Waals surface area (Å²) in [5, 5.41) is 3.89. The number of carbonyl (C=O) groups is 2. The highest BCUT2D eigenvalue weighted by atomic mass is 19.4. The van der Waals surface area contributed by atoms with E-state index in [1.807, 2.05) is 0 Å². The zero-order valence-corrected chi connectivity index (χ0v) is 18.0. The van der Waals surface area contributed by atoms with Gasteiger partial charge in [0.15, 0.2) is 18.2 Å². The molecule has 0 unspecified atom stereocenters. The van der Waals surface area contributed by atoms with Crippen molar-refractivity contribution in [2.24, 2.45) is 0 Å². The number of carbonyl (C=O) groups excluding carboxylic acids is 2. The van der Waals surface area contributed by atoms with Crippen LogP contribution in [0.2, 0.25) is 0 Å². The van der Waals surface area contributed by atoms with Crippen molar-refractivity contribution in [1.82, 2.24) is 9.78 Å². The highest BCUT2D eigenvalue weighted by molar-refractivity contribution is 6.00. The minimum atomic E-state index is -4.65. The van der Waals surface area contributed by atoms with Gasteiger partial charge in [0.1, 0.15) is 22.9 Å². The summed E-state index contributed by atoms with van der Waals surface area (Å²) < 4.78 is 72.2. The molecule has 0 saturated carbocycles. The zero-order valence-electron chi connectivity index (χ0n) is 18.0. The monoisotopic (exact) mass is 496 g/mol. The standard InChI is InChI=1S/C23H17F5N2O5/c1-13(31)17-11-16(19(32)10-14-6-8-15(9-7-14)35-22(24)25)21(33)30(29-17)18-4-2-3-5-20(18)34-12-23(26,27)28/h2-9,11,22H,10,12H2,1H3. The second-order valence-electron chi connectivity index (χ2n) is 7.21. The van der Waals surface area contributed by atoms with Gasteiger partial charge in [-0.05, 0) is 35.9 Å². The molecule has 0 amide bonds. The fourth-order valence-corrected chi connectivity index (χ4v) is 3.01. The highest BCUT2D eigenvalue weighted by Crippen LogP contribution is 2.24. The Morgan fingerprint density at radius 3 is 2.31 bits per heavy atom. The van der Waals surface area contributed by atoms with Gasteiger partial charge in [0.2, 0.25) is 0 Å². The Kier molecular flexibility index (Phi) is 7.62. The molecular formula is C23H17F5N2O5. The predicted molar refractivity (Wildman–Crippen MR) is 112 cm³/mol. The Morgan fingerprint density at radius 1 is 1.06 bits per heavy atom. The smallest absolute Gasteiger partial charge is 0.422 e. The lowest BCUT2D eigenvalue weighted by Gasteiger charge is -2.15. The molecule has 1 heterocycles. The Hall–Kier alpha value is -4.09. The van der Waals surface area contributed by atoms with Gasteiger partial charge in [-0.2, -0.15) is 31.7 Å². The fourth-order valence-electron chi connectivity index (χ4n) is 3.01. The van der Waals surface area contributed by atoms with E-state index in [2.05, 4.69) is 9.84 Å². The van der Waals surface area contributed by atoms with Crippen LogP contribution >= 0.6 is 0 Å². The molecule has 0 saturated heterocycles. The summed E-state index contributed by atoms with van der Waals surface area (Å²) in [6.07, 6.45) is -4.98. The summed E-state index contributed by atoms with van der Waals surface area (Å²) in [6, 6.07) is 11.3. The molecule has 35 heavy (non-hydrogen) atoms. The van der Waals surface area contributed by atoms with Gasteiger partial charge in [-0.1, -0.05) is 24.3 Å². The maximum atomic E-state index is 13.1. The van der Waals surface area contributed by atoms with Gasteiger partial charge >= 0.3 is 12.8 Å². The third-order valence-corrected chi connectivity index (χ3v) is 4.57. The topological polar surface area (TPSA) is 87.5 Å². The van der Waals surface area contributed by atoms with Crippen LogP contribution < -0.4 is 15.0 Å². The van der Waals surface area contributed by atoms with E-state index in [9.17, 15) is 36.3 Å². The maximum Gasteiger partial charge on any atom is 0.422 e. The van der Waals surface area contributed by atoms with Crippen LogP contribution in [0.15, 0.2) is 59.4 Å². The van der Waals surface area contributed by atoms with Gasteiger partial charge in [0, 0.05) is 13.3 Å². The number of aromatic nitrogens is 2. The quantitative estimate of drug-likeness (QED) is 0.322. The Labute approximate surface area is 194 Å².